The van der Waals surface area contributed by atoms with Crippen molar-refractivity contribution in [3.05, 3.63) is 77.4 Å². The Kier molecular flexibility index (Phi) is 3.09. The summed E-state index contributed by atoms with van der Waals surface area (Å²) in [4.78, 5) is 4.54. The highest BCUT2D eigenvalue weighted by molar-refractivity contribution is 6.12. The number of hydrogen-bond donors (Lipinski definition) is 2. The van der Waals surface area contributed by atoms with Crippen molar-refractivity contribution in [2.75, 3.05) is 5.32 Å². The van der Waals surface area contributed by atoms with Crippen molar-refractivity contribution in [1.29, 1.82) is 0 Å². The molecule has 2 N–H and O–H groups in total. The van der Waals surface area contributed by atoms with Gasteiger partial charge in [0.15, 0.2) is 0 Å². The number of benzene rings is 2. The lowest BCUT2D eigenvalue weighted by Crippen LogP contribution is -2.38. The Morgan fingerprint density at radius 2 is 1.96 bits per heavy atom. The number of aryl methyl sites for hydroxylation is 1. The molecule has 3 heterocycles. The third kappa shape index (κ3) is 2.14. The van der Waals surface area contributed by atoms with Crippen LogP contribution in [-0.4, -0.2) is 20.5 Å². The molecule has 1 aromatic heterocycles. The summed E-state index contributed by atoms with van der Waals surface area (Å²) in [5.74, 6) is 0.889. The number of nitrogens with zero attached hydrogens (tertiary/aromatic N) is 4. The molecule has 2 unspecified atom stereocenters. The number of hydrazone groups is 1. The van der Waals surface area contributed by atoms with Gasteiger partial charge in [-0.3, -0.25) is 4.68 Å². The fourth-order valence-electron chi connectivity index (χ4n) is 3.86. The quantitative estimate of drug-likeness (QED) is 0.758. The molecule has 5 rings (SSSR count). The summed E-state index contributed by atoms with van der Waals surface area (Å²) in [6.45, 7) is 0.746. The van der Waals surface area contributed by atoms with Crippen LogP contribution in [0.4, 0.5) is 5.69 Å². The zero-order valence-corrected chi connectivity index (χ0v) is 13.8. The highest BCUT2D eigenvalue weighted by atomic mass is 15.3. The zero-order chi connectivity index (χ0) is 16.8. The standard InChI is InChI=1S/C19H18N6/c1-25-19(20-11-22-25)16-17(12-6-3-2-4-7-12)23-14-9-5-8-13-10-21-24-18(16)15(13)14/h2-9,11,16-17,21,23H,10H2,1H3. The van der Waals surface area contributed by atoms with Crippen LogP contribution in [0, 0.1) is 0 Å². The molecule has 0 saturated carbocycles. The molecule has 6 heteroatoms. The predicted octanol–water partition coefficient (Wildman–Crippen LogP) is 2.57. The van der Waals surface area contributed by atoms with Gasteiger partial charge in [-0.2, -0.15) is 10.2 Å². The van der Waals surface area contributed by atoms with E-state index in [0.29, 0.717) is 0 Å². The number of aromatic nitrogens is 3. The fourth-order valence-corrected chi connectivity index (χ4v) is 3.86. The first kappa shape index (κ1) is 14.2. The summed E-state index contributed by atoms with van der Waals surface area (Å²) in [7, 11) is 1.93. The van der Waals surface area contributed by atoms with E-state index >= 15 is 0 Å². The van der Waals surface area contributed by atoms with Gasteiger partial charge in [0, 0.05) is 18.3 Å². The van der Waals surface area contributed by atoms with Crippen LogP contribution in [0.2, 0.25) is 0 Å². The van der Waals surface area contributed by atoms with E-state index in [4.69, 9.17) is 5.10 Å². The Morgan fingerprint density at radius 1 is 1.08 bits per heavy atom. The molecule has 2 atom stereocenters. The Balaban J connectivity index is 1.75. The maximum atomic E-state index is 4.70. The molecular formula is C19H18N6. The smallest absolute Gasteiger partial charge is 0.138 e. The van der Waals surface area contributed by atoms with Crippen molar-refractivity contribution in [1.82, 2.24) is 20.2 Å². The number of nitrogens with one attached hydrogen (secondary N) is 2. The summed E-state index contributed by atoms with van der Waals surface area (Å²) < 4.78 is 1.84. The summed E-state index contributed by atoms with van der Waals surface area (Å²) >= 11 is 0. The minimum atomic E-state index is -0.0173. The van der Waals surface area contributed by atoms with Crippen molar-refractivity contribution in [2.45, 2.75) is 18.5 Å². The average Bonchev–Trinajstić information content (AvgIpc) is 3.08. The van der Waals surface area contributed by atoms with Gasteiger partial charge in [0.25, 0.3) is 0 Å². The SMILES string of the molecule is Cn1ncnc1C1C2=NNCc3cccc(c32)NC1c1ccccc1. The van der Waals surface area contributed by atoms with Crippen LogP contribution in [0.25, 0.3) is 0 Å². The maximum absolute atomic E-state index is 4.70. The van der Waals surface area contributed by atoms with E-state index in [9.17, 15) is 0 Å². The maximum Gasteiger partial charge on any atom is 0.138 e. The van der Waals surface area contributed by atoms with Crippen molar-refractivity contribution in [3.63, 3.8) is 0 Å². The second-order valence-corrected chi connectivity index (χ2v) is 6.42. The van der Waals surface area contributed by atoms with Crippen molar-refractivity contribution >= 4 is 11.4 Å². The molecule has 0 aliphatic carbocycles. The first-order valence-electron chi connectivity index (χ1n) is 8.41. The van der Waals surface area contributed by atoms with Gasteiger partial charge in [-0.25, -0.2) is 4.98 Å². The van der Waals surface area contributed by atoms with Crippen LogP contribution < -0.4 is 10.7 Å². The molecule has 2 aliphatic rings. The van der Waals surface area contributed by atoms with Gasteiger partial charge in [-0.15, -0.1) is 0 Å². The third-order valence-corrected chi connectivity index (χ3v) is 5.00. The minimum absolute atomic E-state index is 0.0173. The summed E-state index contributed by atoms with van der Waals surface area (Å²) in [5.41, 5.74) is 9.01. The summed E-state index contributed by atoms with van der Waals surface area (Å²) in [6.07, 6.45) is 1.61. The van der Waals surface area contributed by atoms with Crippen LogP contribution in [0.1, 0.15) is 34.5 Å². The zero-order valence-electron chi connectivity index (χ0n) is 13.8. The van der Waals surface area contributed by atoms with Gasteiger partial charge in [0.1, 0.15) is 12.2 Å². The van der Waals surface area contributed by atoms with Gasteiger partial charge in [-0.05, 0) is 17.2 Å². The second kappa shape index (κ2) is 5.44. The first-order valence-corrected chi connectivity index (χ1v) is 8.41. The normalized spacial score (nSPS) is 20.9. The lowest BCUT2D eigenvalue weighted by molar-refractivity contribution is 0.598. The Hall–Kier alpha value is -3.15. The summed E-state index contributed by atoms with van der Waals surface area (Å²) in [5, 5.41) is 12.7. The topological polar surface area (TPSA) is 67.1 Å². The van der Waals surface area contributed by atoms with Crippen molar-refractivity contribution in [3.8, 4) is 0 Å². The second-order valence-electron chi connectivity index (χ2n) is 6.42. The highest BCUT2D eigenvalue weighted by Gasteiger charge is 2.40. The van der Waals surface area contributed by atoms with E-state index in [-0.39, 0.29) is 12.0 Å². The number of rotatable bonds is 2. The van der Waals surface area contributed by atoms with Gasteiger partial charge in [0.05, 0.1) is 24.2 Å². The van der Waals surface area contributed by atoms with E-state index in [0.717, 1.165) is 23.8 Å². The Bertz CT molecular complexity index is 959. The molecule has 0 radical (unpaired) electrons. The highest BCUT2D eigenvalue weighted by Crippen LogP contribution is 2.43. The van der Waals surface area contributed by atoms with E-state index in [1.165, 1.54) is 16.7 Å². The van der Waals surface area contributed by atoms with Crippen LogP contribution in [0.15, 0.2) is 60.0 Å². The van der Waals surface area contributed by atoms with Crippen LogP contribution in [0.5, 0.6) is 0 Å². The number of hydrogen-bond acceptors (Lipinski definition) is 5. The van der Waals surface area contributed by atoms with Gasteiger partial charge < -0.3 is 10.7 Å². The Labute approximate surface area is 145 Å². The van der Waals surface area contributed by atoms with E-state index in [1.807, 2.05) is 17.8 Å². The molecule has 124 valence electrons. The molecule has 2 aliphatic heterocycles. The van der Waals surface area contributed by atoms with Crippen LogP contribution in [-0.2, 0) is 13.6 Å². The first-order chi connectivity index (χ1) is 12.3. The molecule has 2 aromatic carbocycles. The van der Waals surface area contributed by atoms with Gasteiger partial charge in [-0.1, -0.05) is 42.5 Å². The van der Waals surface area contributed by atoms with Gasteiger partial charge >= 0.3 is 0 Å². The average molecular weight is 330 g/mol. The molecule has 6 nitrogen and oxygen atoms in total. The van der Waals surface area contributed by atoms with Crippen molar-refractivity contribution in [2.24, 2.45) is 12.1 Å². The molecule has 0 bridgehead atoms. The minimum Gasteiger partial charge on any atom is -0.377 e. The fraction of sp³-hybridized carbons (Fsp3) is 0.211. The third-order valence-electron chi connectivity index (χ3n) is 5.00. The van der Waals surface area contributed by atoms with E-state index in [2.05, 4.69) is 63.3 Å². The molecule has 0 amide bonds. The molecule has 3 aromatic rings. The molecule has 0 fully saturated rings. The molecular weight excluding hydrogens is 312 g/mol. The largest absolute Gasteiger partial charge is 0.377 e. The lowest BCUT2D eigenvalue weighted by atomic mass is 9.79. The van der Waals surface area contributed by atoms with Crippen LogP contribution in [0.3, 0.4) is 0 Å². The van der Waals surface area contributed by atoms with Crippen molar-refractivity contribution < 1.29 is 0 Å². The van der Waals surface area contributed by atoms with Gasteiger partial charge in [0.2, 0.25) is 0 Å². The van der Waals surface area contributed by atoms with Crippen LogP contribution >= 0.6 is 0 Å². The van der Waals surface area contributed by atoms with E-state index in [1.54, 1.807) is 6.33 Å². The summed E-state index contributed by atoms with van der Waals surface area (Å²) in [6, 6.07) is 16.9. The Morgan fingerprint density at radius 3 is 2.76 bits per heavy atom. The molecule has 0 spiro atoms. The lowest BCUT2D eigenvalue weighted by Gasteiger charge is -2.37. The predicted molar refractivity (Wildman–Crippen MR) is 96.4 cm³/mol. The molecule has 0 saturated heterocycles. The monoisotopic (exact) mass is 330 g/mol. The van der Waals surface area contributed by atoms with E-state index < -0.39 is 0 Å². The molecule has 25 heavy (non-hydrogen) atoms. The number of anilines is 1.